The fourth-order valence-electron chi connectivity index (χ4n) is 1.31. The van der Waals surface area contributed by atoms with Crippen LogP contribution in [0.25, 0.3) is 0 Å². The summed E-state index contributed by atoms with van der Waals surface area (Å²) in [5, 5.41) is 3.97. The minimum Gasteiger partial charge on any atom is -0.338 e. The van der Waals surface area contributed by atoms with Crippen LogP contribution >= 0.6 is 0 Å². The fraction of sp³-hybridized carbons (Fsp3) is 0.833. The Kier molecular flexibility index (Phi) is 3.43. The highest BCUT2D eigenvalue weighted by Crippen LogP contribution is 2.29. The molecular weight excluding hydrogens is 202 g/mol. The summed E-state index contributed by atoms with van der Waals surface area (Å²) >= 11 is 0. The normalized spacial score (nSPS) is 15.2. The molecule has 0 amide bonds. The van der Waals surface area contributed by atoms with Crippen LogP contribution in [0.5, 0.6) is 0 Å². The first-order chi connectivity index (χ1) is 7.09. The Hall–Kier alpha value is -0.900. The molecule has 0 saturated carbocycles. The zero-order valence-corrected chi connectivity index (χ0v) is 11.2. The van der Waals surface area contributed by atoms with E-state index >= 15 is 0 Å². The molecule has 0 spiro atoms. The molecule has 0 aliphatic carbocycles. The Labute approximate surface area is 97.6 Å². The summed E-state index contributed by atoms with van der Waals surface area (Å²) in [7, 11) is 0. The van der Waals surface area contributed by atoms with Crippen LogP contribution in [0.4, 0.5) is 0 Å². The number of nitrogens with zero attached hydrogens (tertiary/aromatic N) is 2. The second kappa shape index (κ2) is 4.17. The first kappa shape index (κ1) is 13.2. The molecule has 1 atom stereocenters. The second-order valence-electron chi connectivity index (χ2n) is 6.63. The van der Waals surface area contributed by atoms with Crippen molar-refractivity contribution in [2.24, 2.45) is 16.6 Å². The third kappa shape index (κ3) is 3.59. The Morgan fingerprint density at radius 1 is 1.19 bits per heavy atom. The summed E-state index contributed by atoms with van der Waals surface area (Å²) in [5.74, 6) is 1.27. The number of hydrogen-bond acceptors (Lipinski definition) is 4. The van der Waals surface area contributed by atoms with Crippen LogP contribution in [0.15, 0.2) is 4.52 Å². The maximum Gasteiger partial charge on any atom is 0.244 e. The van der Waals surface area contributed by atoms with Gasteiger partial charge in [-0.25, -0.2) is 0 Å². The van der Waals surface area contributed by atoms with Gasteiger partial charge in [0.2, 0.25) is 5.89 Å². The molecule has 4 heteroatoms. The van der Waals surface area contributed by atoms with Crippen molar-refractivity contribution in [2.45, 2.75) is 54.0 Å². The van der Waals surface area contributed by atoms with E-state index in [0.717, 1.165) is 12.2 Å². The van der Waals surface area contributed by atoms with Gasteiger partial charge < -0.3 is 10.3 Å². The van der Waals surface area contributed by atoms with Gasteiger partial charge in [0.1, 0.15) is 0 Å². The SMILES string of the molecule is CC(C)(C)Cc1noc(C(N)C(C)(C)C)n1. The molecule has 1 unspecified atom stereocenters. The number of nitrogens with two attached hydrogens (primary N) is 1. The first-order valence-electron chi connectivity index (χ1n) is 5.68. The molecular formula is C12H23N3O. The average Bonchev–Trinajstić information content (AvgIpc) is 2.46. The van der Waals surface area contributed by atoms with Crippen LogP contribution in [0.1, 0.15) is 59.3 Å². The van der Waals surface area contributed by atoms with Crippen molar-refractivity contribution in [1.82, 2.24) is 10.1 Å². The standard InChI is InChI=1S/C12H23N3O/c1-11(2,3)7-8-14-10(16-15-8)9(13)12(4,5)6/h9H,7,13H2,1-6H3. The summed E-state index contributed by atoms with van der Waals surface area (Å²) in [6.45, 7) is 12.6. The fourth-order valence-corrected chi connectivity index (χ4v) is 1.31. The Morgan fingerprint density at radius 2 is 1.75 bits per heavy atom. The van der Waals surface area contributed by atoms with E-state index in [4.69, 9.17) is 10.3 Å². The molecule has 2 N–H and O–H groups in total. The first-order valence-corrected chi connectivity index (χ1v) is 5.68. The van der Waals surface area contributed by atoms with Crippen molar-refractivity contribution in [3.05, 3.63) is 11.7 Å². The van der Waals surface area contributed by atoms with E-state index < -0.39 is 0 Å². The predicted molar refractivity (Wildman–Crippen MR) is 63.8 cm³/mol. The van der Waals surface area contributed by atoms with Crippen molar-refractivity contribution in [2.75, 3.05) is 0 Å². The maximum atomic E-state index is 6.05. The van der Waals surface area contributed by atoms with E-state index in [-0.39, 0.29) is 16.9 Å². The molecule has 1 aromatic rings. The van der Waals surface area contributed by atoms with Crippen LogP contribution in [0.3, 0.4) is 0 Å². The van der Waals surface area contributed by atoms with E-state index in [2.05, 4.69) is 51.7 Å². The number of aromatic nitrogens is 2. The molecule has 0 radical (unpaired) electrons. The highest BCUT2D eigenvalue weighted by molar-refractivity contribution is 4.97. The highest BCUT2D eigenvalue weighted by Gasteiger charge is 2.28. The summed E-state index contributed by atoms with van der Waals surface area (Å²) in [5.41, 5.74) is 6.15. The van der Waals surface area contributed by atoms with Crippen molar-refractivity contribution in [1.29, 1.82) is 0 Å². The van der Waals surface area contributed by atoms with E-state index in [9.17, 15) is 0 Å². The number of rotatable bonds is 2. The quantitative estimate of drug-likeness (QED) is 0.840. The van der Waals surface area contributed by atoms with Gasteiger partial charge in [0.25, 0.3) is 0 Å². The third-order valence-corrected chi connectivity index (χ3v) is 2.37. The molecule has 0 aliphatic rings. The van der Waals surface area contributed by atoms with E-state index in [1.54, 1.807) is 0 Å². The lowest BCUT2D eigenvalue weighted by atomic mass is 9.87. The van der Waals surface area contributed by atoms with E-state index in [1.807, 2.05) is 0 Å². The lowest BCUT2D eigenvalue weighted by molar-refractivity contribution is 0.251. The molecule has 16 heavy (non-hydrogen) atoms. The van der Waals surface area contributed by atoms with Crippen LogP contribution < -0.4 is 5.73 Å². The van der Waals surface area contributed by atoms with Crippen molar-refractivity contribution in [3.8, 4) is 0 Å². The van der Waals surface area contributed by atoms with Gasteiger partial charge in [-0.05, 0) is 10.8 Å². The van der Waals surface area contributed by atoms with E-state index in [1.165, 1.54) is 0 Å². The summed E-state index contributed by atoms with van der Waals surface area (Å²) in [4.78, 5) is 4.36. The maximum absolute atomic E-state index is 6.05. The van der Waals surface area contributed by atoms with Gasteiger partial charge in [0.05, 0.1) is 6.04 Å². The van der Waals surface area contributed by atoms with Crippen molar-refractivity contribution >= 4 is 0 Å². The number of hydrogen-bond donors (Lipinski definition) is 1. The van der Waals surface area contributed by atoms with Gasteiger partial charge in [-0.15, -0.1) is 0 Å². The van der Waals surface area contributed by atoms with Gasteiger partial charge in [0, 0.05) is 6.42 Å². The second-order valence-corrected chi connectivity index (χ2v) is 6.63. The smallest absolute Gasteiger partial charge is 0.244 e. The minimum atomic E-state index is -0.214. The van der Waals surface area contributed by atoms with Gasteiger partial charge in [-0.2, -0.15) is 4.98 Å². The zero-order chi connectivity index (χ0) is 12.6. The molecule has 0 bridgehead atoms. The van der Waals surface area contributed by atoms with Crippen LogP contribution in [0, 0.1) is 10.8 Å². The molecule has 4 nitrogen and oxygen atoms in total. The molecule has 1 heterocycles. The van der Waals surface area contributed by atoms with Gasteiger partial charge in [-0.1, -0.05) is 46.7 Å². The summed E-state index contributed by atoms with van der Waals surface area (Å²) in [6.07, 6.45) is 0.799. The minimum absolute atomic E-state index is 0.0640. The largest absolute Gasteiger partial charge is 0.338 e. The van der Waals surface area contributed by atoms with Crippen LogP contribution in [-0.2, 0) is 6.42 Å². The van der Waals surface area contributed by atoms with Gasteiger partial charge >= 0.3 is 0 Å². The van der Waals surface area contributed by atoms with Crippen molar-refractivity contribution in [3.63, 3.8) is 0 Å². The lowest BCUT2D eigenvalue weighted by Gasteiger charge is -2.23. The van der Waals surface area contributed by atoms with Crippen LogP contribution in [-0.4, -0.2) is 10.1 Å². The molecule has 0 aliphatic heterocycles. The molecule has 0 fully saturated rings. The molecule has 0 aromatic carbocycles. The van der Waals surface area contributed by atoms with Gasteiger partial charge in [-0.3, -0.25) is 0 Å². The highest BCUT2D eigenvalue weighted by atomic mass is 16.5. The van der Waals surface area contributed by atoms with E-state index in [0.29, 0.717) is 5.89 Å². The Morgan fingerprint density at radius 3 is 2.19 bits per heavy atom. The Balaban J connectivity index is 2.80. The zero-order valence-electron chi connectivity index (χ0n) is 11.2. The molecule has 92 valence electrons. The molecule has 0 saturated heterocycles. The van der Waals surface area contributed by atoms with Gasteiger partial charge in [0.15, 0.2) is 5.82 Å². The lowest BCUT2D eigenvalue weighted by Crippen LogP contribution is -2.26. The monoisotopic (exact) mass is 225 g/mol. The molecule has 1 rings (SSSR count). The molecule has 1 aromatic heterocycles. The Bertz CT molecular complexity index is 344. The average molecular weight is 225 g/mol. The van der Waals surface area contributed by atoms with Crippen molar-refractivity contribution < 1.29 is 4.52 Å². The summed E-state index contributed by atoms with van der Waals surface area (Å²) in [6, 6.07) is -0.214. The summed E-state index contributed by atoms with van der Waals surface area (Å²) < 4.78 is 5.21. The third-order valence-electron chi connectivity index (χ3n) is 2.37. The topological polar surface area (TPSA) is 64.9 Å². The predicted octanol–water partition coefficient (Wildman–Crippen LogP) is 2.70. The van der Waals surface area contributed by atoms with Crippen LogP contribution in [0.2, 0.25) is 0 Å².